The van der Waals surface area contributed by atoms with Crippen molar-refractivity contribution in [3.63, 3.8) is 0 Å². The Kier molecular flexibility index (Phi) is 2.04. The summed E-state index contributed by atoms with van der Waals surface area (Å²) in [6, 6.07) is 0. The maximum Gasteiger partial charge on any atom is 0.334 e. The third-order valence-corrected chi connectivity index (χ3v) is 2.49. The Bertz CT molecular complexity index is 568. The van der Waals surface area contributed by atoms with Gasteiger partial charge in [-0.2, -0.15) is 14.7 Å². The van der Waals surface area contributed by atoms with E-state index in [-0.39, 0.29) is 21.6 Å². The van der Waals surface area contributed by atoms with Gasteiger partial charge in [-0.15, -0.1) is 5.10 Å². The van der Waals surface area contributed by atoms with Gasteiger partial charge < -0.3 is 0 Å². The molecule has 0 bridgehead atoms. The van der Waals surface area contributed by atoms with E-state index >= 15 is 0 Å². The van der Waals surface area contributed by atoms with E-state index in [1.807, 2.05) is 0 Å². The van der Waals surface area contributed by atoms with Crippen LogP contribution in [0.15, 0.2) is 0 Å². The molecule has 8 heteroatoms. The first-order valence-electron chi connectivity index (χ1n) is 3.86. The molecule has 0 radical (unpaired) electrons. The minimum atomic E-state index is -0.980. The molecule has 0 saturated heterocycles. The zero-order valence-corrected chi connectivity index (χ0v) is 8.17. The van der Waals surface area contributed by atoms with Gasteiger partial charge in [-0.25, -0.2) is 0 Å². The number of nitrogens with zero attached hydrogens (tertiary/aromatic N) is 3. The third kappa shape index (κ3) is 1.23. The number of nitro groups is 1. The molecule has 1 aromatic carbocycles. The summed E-state index contributed by atoms with van der Waals surface area (Å²) < 4.78 is 13.5. The molecule has 2 aromatic rings. The maximum atomic E-state index is 13.5. The second kappa shape index (κ2) is 3.13. The average Bonchev–Trinajstić information content (AvgIpc) is 2.62. The highest BCUT2D eigenvalue weighted by Crippen LogP contribution is 2.34. The van der Waals surface area contributed by atoms with Crippen LogP contribution in [0, 0.1) is 22.9 Å². The zero-order chi connectivity index (χ0) is 11.2. The van der Waals surface area contributed by atoms with Crippen LogP contribution in [0.3, 0.4) is 0 Å². The smallest absolute Gasteiger partial charge is 0.258 e. The van der Waals surface area contributed by atoms with Crippen LogP contribution < -0.4 is 0 Å². The van der Waals surface area contributed by atoms with E-state index in [1.54, 1.807) is 0 Å². The van der Waals surface area contributed by atoms with Crippen molar-refractivity contribution in [1.29, 1.82) is 0 Å². The van der Waals surface area contributed by atoms with Crippen LogP contribution in [0.25, 0.3) is 11.0 Å². The Morgan fingerprint density at radius 2 is 2.07 bits per heavy atom. The van der Waals surface area contributed by atoms with Crippen LogP contribution in [0.5, 0.6) is 0 Å². The molecular formula is C7H4ClFN4O2. The number of rotatable bonds is 1. The number of hydrogen-bond donors (Lipinski definition) is 1. The number of aromatic nitrogens is 3. The normalized spacial score (nSPS) is 10.9. The molecule has 6 nitrogen and oxygen atoms in total. The summed E-state index contributed by atoms with van der Waals surface area (Å²) in [5, 5.41) is 20.0. The van der Waals surface area contributed by atoms with Gasteiger partial charge in [0.2, 0.25) is 5.82 Å². The average molecular weight is 231 g/mol. The predicted molar refractivity (Wildman–Crippen MR) is 50.2 cm³/mol. The first kappa shape index (κ1) is 9.78. The topological polar surface area (TPSA) is 84.7 Å². The Balaban J connectivity index is 3.01. The molecule has 0 spiro atoms. The summed E-state index contributed by atoms with van der Waals surface area (Å²) >= 11 is 5.76. The van der Waals surface area contributed by atoms with Crippen LogP contribution in [0.4, 0.5) is 10.1 Å². The largest absolute Gasteiger partial charge is 0.334 e. The number of hydrogen-bond acceptors (Lipinski definition) is 4. The van der Waals surface area contributed by atoms with E-state index in [1.165, 1.54) is 6.92 Å². The second-order valence-electron chi connectivity index (χ2n) is 2.88. The minimum absolute atomic E-state index is 0.00948. The van der Waals surface area contributed by atoms with E-state index in [0.29, 0.717) is 0 Å². The van der Waals surface area contributed by atoms with Gasteiger partial charge in [0.15, 0.2) is 5.52 Å². The van der Waals surface area contributed by atoms with Crippen molar-refractivity contribution < 1.29 is 9.31 Å². The van der Waals surface area contributed by atoms with Crippen molar-refractivity contribution in [1.82, 2.24) is 15.4 Å². The Morgan fingerprint density at radius 1 is 1.47 bits per heavy atom. The van der Waals surface area contributed by atoms with Crippen molar-refractivity contribution in [2.75, 3.05) is 0 Å². The summed E-state index contributed by atoms with van der Waals surface area (Å²) in [7, 11) is 0. The van der Waals surface area contributed by atoms with Gasteiger partial charge in [-0.3, -0.25) is 10.1 Å². The van der Waals surface area contributed by atoms with E-state index in [9.17, 15) is 14.5 Å². The molecular weight excluding hydrogens is 227 g/mol. The number of nitro benzene ring substituents is 1. The number of nitrogens with one attached hydrogen (secondary N) is 1. The van der Waals surface area contributed by atoms with Crippen LogP contribution >= 0.6 is 11.6 Å². The summed E-state index contributed by atoms with van der Waals surface area (Å²) in [5.41, 5.74) is -0.791. The summed E-state index contributed by atoms with van der Waals surface area (Å²) in [4.78, 5) is 9.79. The molecule has 1 aromatic heterocycles. The van der Waals surface area contributed by atoms with E-state index in [4.69, 9.17) is 11.6 Å². The number of H-pyrrole nitrogens is 1. The molecule has 1 heterocycles. The molecule has 1 N–H and O–H groups in total. The lowest BCUT2D eigenvalue weighted by atomic mass is 10.1. The molecule has 0 aliphatic heterocycles. The van der Waals surface area contributed by atoms with E-state index in [0.717, 1.165) is 0 Å². The predicted octanol–water partition coefficient (Wildman–Crippen LogP) is 1.97. The number of aromatic amines is 1. The first-order valence-corrected chi connectivity index (χ1v) is 4.24. The van der Waals surface area contributed by atoms with Crippen LogP contribution in [-0.2, 0) is 0 Å². The van der Waals surface area contributed by atoms with Crippen molar-refractivity contribution in [3.8, 4) is 0 Å². The fraction of sp³-hybridized carbons (Fsp3) is 0.143. The van der Waals surface area contributed by atoms with E-state index < -0.39 is 16.4 Å². The summed E-state index contributed by atoms with van der Waals surface area (Å²) in [5.74, 6) is -0.980. The maximum absolute atomic E-state index is 13.5. The van der Waals surface area contributed by atoms with Gasteiger partial charge in [0.25, 0.3) is 0 Å². The Morgan fingerprint density at radius 3 is 2.67 bits per heavy atom. The second-order valence-corrected chi connectivity index (χ2v) is 3.26. The van der Waals surface area contributed by atoms with Crippen molar-refractivity contribution in [2.24, 2.45) is 0 Å². The molecule has 15 heavy (non-hydrogen) atoms. The number of fused-ring (bicyclic) bond motifs is 1. The monoisotopic (exact) mass is 230 g/mol. The Hall–Kier alpha value is -1.76. The number of benzene rings is 1. The lowest BCUT2D eigenvalue weighted by Crippen LogP contribution is -1.97. The van der Waals surface area contributed by atoms with Crippen LogP contribution in [0.2, 0.25) is 5.02 Å². The van der Waals surface area contributed by atoms with Crippen molar-refractivity contribution >= 4 is 28.3 Å². The highest BCUT2D eigenvalue weighted by molar-refractivity contribution is 6.36. The fourth-order valence-electron chi connectivity index (χ4n) is 1.27. The number of halogens is 2. The van der Waals surface area contributed by atoms with Gasteiger partial charge in [-0.05, 0) is 6.92 Å². The molecule has 0 aliphatic rings. The van der Waals surface area contributed by atoms with Crippen molar-refractivity contribution in [3.05, 3.63) is 26.5 Å². The van der Waals surface area contributed by atoms with E-state index in [2.05, 4.69) is 15.4 Å². The summed E-state index contributed by atoms with van der Waals surface area (Å²) in [6.45, 7) is 1.35. The third-order valence-electron chi connectivity index (χ3n) is 2.03. The Labute approximate surface area is 87.2 Å². The fourth-order valence-corrected chi connectivity index (χ4v) is 1.49. The molecule has 0 aliphatic carbocycles. The highest BCUT2D eigenvalue weighted by atomic mass is 35.5. The van der Waals surface area contributed by atoms with Gasteiger partial charge in [-0.1, -0.05) is 11.6 Å². The summed E-state index contributed by atoms with van der Waals surface area (Å²) in [6.07, 6.45) is 0. The van der Waals surface area contributed by atoms with Crippen LogP contribution in [-0.4, -0.2) is 20.3 Å². The van der Waals surface area contributed by atoms with Gasteiger partial charge in [0, 0.05) is 5.56 Å². The van der Waals surface area contributed by atoms with Crippen LogP contribution in [0.1, 0.15) is 5.56 Å². The van der Waals surface area contributed by atoms with Gasteiger partial charge in [0.1, 0.15) is 5.52 Å². The highest BCUT2D eigenvalue weighted by Gasteiger charge is 2.27. The molecule has 0 saturated carbocycles. The molecule has 78 valence electrons. The molecule has 0 fully saturated rings. The van der Waals surface area contributed by atoms with Crippen molar-refractivity contribution in [2.45, 2.75) is 6.92 Å². The van der Waals surface area contributed by atoms with Gasteiger partial charge in [0.05, 0.1) is 9.95 Å². The zero-order valence-electron chi connectivity index (χ0n) is 7.41. The molecule has 0 amide bonds. The SMILES string of the molecule is Cc1c(F)c([N+](=O)[O-])c2n[nH]nc2c1Cl. The molecule has 2 rings (SSSR count). The standard InChI is InChI=1S/C7H4ClFN4O2/c1-2-3(8)5-6(11-12-10-5)7(4(2)9)13(14)15/h1H3,(H,10,11,12). The molecule has 0 atom stereocenters. The lowest BCUT2D eigenvalue weighted by molar-refractivity contribution is -0.385. The minimum Gasteiger partial charge on any atom is -0.258 e. The van der Waals surface area contributed by atoms with Gasteiger partial charge >= 0.3 is 5.69 Å². The molecule has 0 unspecified atom stereocenters. The first-order chi connectivity index (χ1) is 7.04. The quantitative estimate of drug-likeness (QED) is 0.599. The lowest BCUT2D eigenvalue weighted by Gasteiger charge is -2.00.